The van der Waals surface area contributed by atoms with Crippen LogP contribution in [0.1, 0.15) is 41.5 Å². The van der Waals surface area contributed by atoms with E-state index in [1.165, 1.54) is 13.8 Å². The third-order valence-electron chi connectivity index (χ3n) is 3.10. The van der Waals surface area contributed by atoms with Gasteiger partial charge in [0.25, 0.3) is 0 Å². The second-order valence-electron chi connectivity index (χ2n) is 6.88. The Hall–Kier alpha value is 0.416. The number of ketones is 1. The van der Waals surface area contributed by atoms with E-state index >= 15 is 0 Å². The molecule has 0 aliphatic carbocycles. The van der Waals surface area contributed by atoms with E-state index in [9.17, 15) is 4.79 Å². The first kappa shape index (κ1) is 45.9. The second kappa shape index (κ2) is 28.6. The molecule has 0 unspecified atom stereocenters. The summed E-state index contributed by atoms with van der Waals surface area (Å²) in [5.41, 5.74) is 5.30. The first-order chi connectivity index (χ1) is 11.2. The van der Waals surface area contributed by atoms with Gasteiger partial charge in [-0.1, -0.05) is 0 Å². The van der Waals surface area contributed by atoms with Gasteiger partial charge in [0.1, 0.15) is 11.3 Å². The van der Waals surface area contributed by atoms with Gasteiger partial charge < -0.3 is 32.6 Å². The minimum Gasteiger partial charge on any atom is -0.512 e. The average molecular weight is 433 g/mol. The van der Waals surface area contributed by atoms with E-state index in [0.29, 0.717) is 6.54 Å². The molecule has 0 bridgehead atoms. The van der Waals surface area contributed by atoms with Crippen LogP contribution in [0.4, 0.5) is 0 Å². The van der Waals surface area contributed by atoms with E-state index in [0.717, 1.165) is 0 Å². The van der Waals surface area contributed by atoms with Crippen molar-refractivity contribution >= 4 is 18.2 Å². The number of nitrogens with zero attached hydrogens (tertiary/aromatic N) is 4. The monoisotopic (exact) mass is 432 g/mol. The van der Waals surface area contributed by atoms with Gasteiger partial charge in [-0.15, -0.1) is 12.4 Å². The number of Topliss-reactive ketones (excluding diaryl/α,β-unsaturated/α-hetero) is 1. The van der Waals surface area contributed by atoms with Gasteiger partial charge in [-0.25, -0.2) is 0 Å². The van der Waals surface area contributed by atoms with Crippen LogP contribution >= 0.6 is 12.4 Å². The van der Waals surface area contributed by atoms with Crippen LogP contribution in [-0.4, -0.2) is 75.5 Å². The van der Waals surface area contributed by atoms with E-state index in [4.69, 9.17) is 22.8 Å². The predicted molar refractivity (Wildman–Crippen MR) is 114 cm³/mol. The molecule has 7 nitrogen and oxygen atoms in total. The topological polar surface area (TPSA) is 109 Å². The Labute approximate surface area is 217 Å². The van der Waals surface area contributed by atoms with E-state index in [-0.39, 0.29) is 80.7 Å². The summed E-state index contributed by atoms with van der Waals surface area (Å²) < 4.78 is 0. The van der Waals surface area contributed by atoms with Gasteiger partial charge in [-0.05, 0) is 83.8 Å². The van der Waals surface area contributed by atoms with Crippen molar-refractivity contribution in [3.8, 4) is 6.07 Å². The molecule has 158 valence electrons. The first-order valence-electron chi connectivity index (χ1n) is 7.90. The molecular weight excluding hydrogens is 391 g/mol. The van der Waals surface area contributed by atoms with E-state index in [2.05, 4.69) is 30.1 Å². The summed E-state index contributed by atoms with van der Waals surface area (Å²) in [6.45, 7) is 16.5. The molecule has 0 fully saturated rings. The quantitative estimate of drug-likeness (QED) is 0.438. The number of rotatable bonds is 3. The number of hydrogen-bond acceptors (Lipinski definition) is 7. The van der Waals surface area contributed by atoms with Crippen LogP contribution in [0.5, 0.6) is 0 Å². The van der Waals surface area contributed by atoms with Crippen LogP contribution in [0.15, 0.2) is 0 Å². The molecule has 0 radical (unpaired) electrons. The van der Waals surface area contributed by atoms with E-state index in [1.54, 1.807) is 0 Å². The van der Waals surface area contributed by atoms with Gasteiger partial charge in [0.15, 0.2) is 0 Å². The zero-order valence-corrected chi connectivity index (χ0v) is 23.8. The number of halogens is 1. The van der Waals surface area contributed by atoms with Crippen LogP contribution < -0.4 is 62.4 Å². The predicted octanol–water partition coefficient (Wildman–Crippen LogP) is -0.911. The summed E-state index contributed by atoms with van der Waals surface area (Å²) in [5, 5.41) is 17.5. The Morgan fingerprint density at radius 2 is 1.26 bits per heavy atom. The first-order valence-corrected chi connectivity index (χ1v) is 7.90. The van der Waals surface area contributed by atoms with Gasteiger partial charge in [-0.3, -0.25) is 4.90 Å². The summed E-state index contributed by atoms with van der Waals surface area (Å²) >= 11 is 0. The number of hydrogen-bond donors (Lipinski definition) is 2. The summed E-state index contributed by atoms with van der Waals surface area (Å²) in [5.74, 6) is 0.167. The van der Waals surface area contributed by atoms with Crippen molar-refractivity contribution in [3.05, 3.63) is 6.57 Å². The van der Waals surface area contributed by atoms with Gasteiger partial charge >= 0.3 is 51.4 Å². The zero-order chi connectivity index (χ0) is 21.9. The summed E-state index contributed by atoms with van der Waals surface area (Å²) in [6.07, 6.45) is 0. The third kappa shape index (κ3) is 46.4. The smallest absolute Gasteiger partial charge is 0.512 e. The molecule has 0 aromatic carbocycles. The Balaban J connectivity index is -0.0000000396. The number of likely N-dealkylation sites (N-methyl/N-ethyl adjacent to an activating group) is 1. The maximum atomic E-state index is 9.44. The Morgan fingerprint density at radius 3 is 1.26 bits per heavy atom. The summed E-state index contributed by atoms with van der Waals surface area (Å²) in [7, 11) is 11.6. The van der Waals surface area contributed by atoms with Gasteiger partial charge in [0, 0.05) is 12.1 Å². The third-order valence-corrected chi connectivity index (χ3v) is 3.10. The zero-order valence-electron chi connectivity index (χ0n) is 19.9. The summed E-state index contributed by atoms with van der Waals surface area (Å²) in [6, 6.07) is 2.17. The number of carbonyl (C=O) groups is 1. The summed E-state index contributed by atoms with van der Waals surface area (Å²) in [4.78, 5) is 13.4. The molecule has 3 N–H and O–H groups in total. The normalized spacial score (nSPS) is 8.89. The van der Waals surface area contributed by atoms with E-state index < -0.39 is 0 Å². The van der Waals surface area contributed by atoms with Crippen LogP contribution in [0.3, 0.4) is 0 Å². The second-order valence-corrected chi connectivity index (χ2v) is 6.88. The Bertz CT molecular complexity index is 363. The van der Waals surface area contributed by atoms with Crippen molar-refractivity contribution in [2.45, 2.75) is 52.6 Å². The molecule has 0 aromatic heterocycles. The fourth-order valence-corrected chi connectivity index (χ4v) is 0.283. The standard InChI is InChI=1S/C6H16N2.C6H12N2.C3H6O.C2H7N.CN.ClH.K/c2*1-6(2,5-7)8(3)4;1-3(2)4;1-3-2;1-2;;/h5,7H2,1-4H3;1-4H3;1-2H3;3H,1-2H3;;1H;/q;;;;-1;;+1. The number of nitrogens with two attached hydrogens (primary N) is 1. The number of nitriles is 1. The molecule has 0 spiro atoms. The minimum atomic E-state index is -0.319. The minimum absolute atomic E-state index is 0. The van der Waals surface area contributed by atoms with Gasteiger partial charge in [0.2, 0.25) is 0 Å². The molecular formula is C18H42ClKN6O. The van der Waals surface area contributed by atoms with Crippen molar-refractivity contribution in [2.75, 3.05) is 48.8 Å². The number of carbonyl (C=O) groups excluding carboxylic acids is 1. The molecule has 0 saturated carbocycles. The fraction of sp³-hybridized carbons (Fsp3) is 0.833. The molecule has 0 saturated heterocycles. The Kier molecular flexibility index (Phi) is 48.7. The van der Waals surface area contributed by atoms with Crippen molar-refractivity contribution in [1.82, 2.24) is 15.1 Å². The van der Waals surface area contributed by atoms with Crippen molar-refractivity contribution in [2.24, 2.45) is 5.73 Å². The molecule has 27 heavy (non-hydrogen) atoms. The molecule has 0 amide bonds. The molecule has 0 atom stereocenters. The molecule has 0 aliphatic heterocycles. The molecule has 0 heterocycles. The van der Waals surface area contributed by atoms with Crippen molar-refractivity contribution in [3.63, 3.8) is 0 Å². The van der Waals surface area contributed by atoms with Crippen molar-refractivity contribution in [1.29, 1.82) is 10.5 Å². The fourth-order valence-electron chi connectivity index (χ4n) is 0.283. The van der Waals surface area contributed by atoms with Crippen LogP contribution in [0, 0.1) is 23.2 Å². The number of nitrogens with one attached hydrogen (secondary N) is 1. The average Bonchev–Trinajstić information content (AvgIpc) is 2.49. The molecule has 0 aromatic rings. The maximum absolute atomic E-state index is 9.44. The van der Waals surface area contributed by atoms with Crippen molar-refractivity contribution < 1.29 is 56.2 Å². The Morgan fingerprint density at radius 1 is 1.04 bits per heavy atom. The van der Waals surface area contributed by atoms with Crippen LogP contribution in [0.25, 0.3) is 0 Å². The van der Waals surface area contributed by atoms with Crippen LogP contribution in [0.2, 0.25) is 0 Å². The molecule has 0 rings (SSSR count). The molecule has 0 aliphatic rings. The SMILES string of the molecule is CC(C)=O.CN(C)C(C)(C)C#N.CN(C)C(C)(C)CN.CNC.Cl.[C-]#N.[K+]. The maximum Gasteiger partial charge on any atom is 1.00 e. The van der Waals surface area contributed by atoms with Gasteiger partial charge in [0.05, 0.1) is 6.07 Å². The molecule has 9 heteroatoms. The van der Waals surface area contributed by atoms with E-state index in [1.807, 2.05) is 61.0 Å². The van der Waals surface area contributed by atoms with Gasteiger partial charge in [-0.2, -0.15) is 5.26 Å². The largest absolute Gasteiger partial charge is 1.00 e. The van der Waals surface area contributed by atoms with Crippen LogP contribution in [-0.2, 0) is 4.79 Å².